The van der Waals surface area contributed by atoms with Crippen molar-refractivity contribution in [1.82, 2.24) is 4.90 Å². The van der Waals surface area contributed by atoms with Gasteiger partial charge >= 0.3 is 0 Å². The molecule has 19 heavy (non-hydrogen) atoms. The Hall–Kier alpha value is -1.95. The quantitative estimate of drug-likeness (QED) is 0.769. The molecule has 3 nitrogen and oxygen atoms in total. The van der Waals surface area contributed by atoms with Crippen molar-refractivity contribution in [2.75, 3.05) is 13.1 Å². The Morgan fingerprint density at radius 2 is 2.21 bits per heavy atom. The summed E-state index contributed by atoms with van der Waals surface area (Å²) in [6, 6.07) is 7.82. The summed E-state index contributed by atoms with van der Waals surface area (Å²) in [5.41, 5.74) is 1.10. The standard InChI is InChI=1S/C16H17NO2/c1-2-9-17(11-12-7-8-12)16(18)15-10-13-5-3-4-6-14(13)19-15/h1,3-6,12,15H,7-11H2. The summed E-state index contributed by atoms with van der Waals surface area (Å²) in [6.07, 6.45) is 8.03. The first-order valence-electron chi connectivity index (χ1n) is 6.74. The highest BCUT2D eigenvalue weighted by Gasteiger charge is 2.34. The van der Waals surface area contributed by atoms with E-state index in [1.807, 2.05) is 24.3 Å². The summed E-state index contributed by atoms with van der Waals surface area (Å²) in [4.78, 5) is 14.2. The summed E-state index contributed by atoms with van der Waals surface area (Å²) < 4.78 is 5.74. The Kier molecular flexibility index (Phi) is 3.16. The van der Waals surface area contributed by atoms with E-state index in [1.165, 1.54) is 12.8 Å². The number of rotatable bonds is 4. The predicted molar refractivity (Wildman–Crippen MR) is 72.7 cm³/mol. The van der Waals surface area contributed by atoms with E-state index < -0.39 is 6.10 Å². The van der Waals surface area contributed by atoms with Crippen molar-refractivity contribution >= 4 is 5.91 Å². The Morgan fingerprint density at radius 3 is 2.89 bits per heavy atom. The second-order valence-corrected chi connectivity index (χ2v) is 5.28. The normalized spacial score (nSPS) is 20.3. The molecule has 1 unspecified atom stereocenters. The van der Waals surface area contributed by atoms with Gasteiger partial charge < -0.3 is 9.64 Å². The molecule has 3 heteroatoms. The van der Waals surface area contributed by atoms with Crippen LogP contribution >= 0.6 is 0 Å². The van der Waals surface area contributed by atoms with E-state index in [9.17, 15) is 4.79 Å². The topological polar surface area (TPSA) is 29.5 Å². The number of hydrogen-bond acceptors (Lipinski definition) is 2. The van der Waals surface area contributed by atoms with Crippen molar-refractivity contribution in [3.8, 4) is 18.1 Å². The largest absolute Gasteiger partial charge is 0.480 e. The van der Waals surface area contributed by atoms with E-state index >= 15 is 0 Å². The van der Waals surface area contributed by atoms with Crippen molar-refractivity contribution in [3.05, 3.63) is 29.8 Å². The second-order valence-electron chi connectivity index (χ2n) is 5.28. The van der Waals surface area contributed by atoms with Gasteiger partial charge in [0, 0.05) is 13.0 Å². The molecule has 1 heterocycles. The van der Waals surface area contributed by atoms with Gasteiger partial charge in [-0.25, -0.2) is 0 Å². The fraction of sp³-hybridized carbons (Fsp3) is 0.438. The van der Waals surface area contributed by atoms with Crippen LogP contribution < -0.4 is 4.74 Å². The molecule has 1 aliphatic heterocycles. The first kappa shape index (κ1) is 12.1. The summed E-state index contributed by atoms with van der Waals surface area (Å²) in [5.74, 6) is 4.07. The third kappa shape index (κ3) is 2.58. The molecule has 0 saturated heterocycles. The van der Waals surface area contributed by atoms with Crippen LogP contribution in [-0.4, -0.2) is 30.0 Å². The van der Waals surface area contributed by atoms with Gasteiger partial charge in [0.05, 0.1) is 6.54 Å². The van der Waals surface area contributed by atoms with Crippen LogP contribution in [0.3, 0.4) is 0 Å². The zero-order valence-corrected chi connectivity index (χ0v) is 10.8. The van der Waals surface area contributed by atoms with Gasteiger partial charge in [-0.2, -0.15) is 0 Å². The molecule has 1 saturated carbocycles. The smallest absolute Gasteiger partial charge is 0.264 e. The van der Waals surface area contributed by atoms with Gasteiger partial charge in [0.25, 0.3) is 5.91 Å². The summed E-state index contributed by atoms with van der Waals surface area (Å²) >= 11 is 0. The van der Waals surface area contributed by atoms with Crippen LogP contribution in [0, 0.1) is 18.3 Å². The molecular weight excluding hydrogens is 238 g/mol. The van der Waals surface area contributed by atoms with Crippen LogP contribution in [0.5, 0.6) is 5.75 Å². The van der Waals surface area contributed by atoms with Crippen LogP contribution in [0.15, 0.2) is 24.3 Å². The zero-order chi connectivity index (χ0) is 13.2. The number of fused-ring (bicyclic) bond motifs is 1. The Labute approximate surface area is 113 Å². The molecule has 0 bridgehead atoms. The molecular formula is C16H17NO2. The van der Waals surface area contributed by atoms with Crippen molar-refractivity contribution in [2.24, 2.45) is 5.92 Å². The van der Waals surface area contributed by atoms with Crippen LogP contribution in [0.2, 0.25) is 0 Å². The van der Waals surface area contributed by atoms with Gasteiger partial charge in [-0.3, -0.25) is 4.79 Å². The van der Waals surface area contributed by atoms with Gasteiger partial charge in [-0.1, -0.05) is 24.1 Å². The van der Waals surface area contributed by atoms with Gasteiger partial charge in [-0.15, -0.1) is 6.42 Å². The lowest BCUT2D eigenvalue weighted by Gasteiger charge is -2.23. The number of amides is 1. The zero-order valence-electron chi connectivity index (χ0n) is 10.8. The molecule has 2 aliphatic rings. The average Bonchev–Trinajstić information content (AvgIpc) is 3.13. The molecule has 0 radical (unpaired) electrons. The van der Waals surface area contributed by atoms with Gasteiger partial charge in [0.2, 0.25) is 0 Å². The fourth-order valence-electron chi connectivity index (χ4n) is 2.48. The molecule has 1 aromatic carbocycles. The summed E-state index contributed by atoms with van der Waals surface area (Å²) in [5, 5.41) is 0. The second kappa shape index (κ2) is 4.97. The first-order valence-corrected chi connectivity index (χ1v) is 6.74. The number of para-hydroxylation sites is 1. The number of hydrogen-bond donors (Lipinski definition) is 0. The predicted octanol–water partition coefficient (Wildman–Crippen LogP) is 1.86. The lowest BCUT2D eigenvalue weighted by molar-refractivity contribution is -0.137. The van der Waals surface area contributed by atoms with Crippen molar-refractivity contribution in [3.63, 3.8) is 0 Å². The van der Waals surface area contributed by atoms with Crippen molar-refractivity contribution in [2.45, 2.75) is 25.4 Å². The molecule has 1 amide bonds. The van der Waals surface area contributed by atoms with Gasteiger partial charge in [0.15, 0.2) is 6.10 Å². The fourth-order valence-corrected chi connectivity index (χ4v) is 2.48. The maximum atomic E-state index is 12.5. The van der Waals surface area contributed by atoms with Crippen LogP contribution in [-0.2, 0) is 11.2 Å². The molecule has 0 aromatic heterocycles. The van der Waals surface area contributed by atoms with E-state index in [0.717, 1.165) is 17.9 Å². The molecule has 1 aliphatic carbocycles. The lowest BCUT2D eigenvalue weighted by Crippen LogP contribution is -2.42. The number of terminal acetylenes is 1. The Morgan fingerprint density at radius 1 is 1.42 bits per heavy atom. The molecule has 3 rings (SSSR count). The maximum absolute atomic E-state index is 12.5. The highest BCUT2D eigenvalue weighted by Crippen LogP contribution is 2.32. The molecule has 1 aromatic rings. The number of nitrogens with zero attached hydrogens (tertiary/aromatic N) is 1. The minimum Gasteiger partial charge on any atom is -0.480 e. The highest BCUT2D eigenvalue weighted by atomic mass is 16.5. The van der Waals surface area contributed by atoms with Crippen LogP contribution in [0.25, 0.3) is 0 Å². The van der Waals surface area contributed by atoms with Gasteiger partial charge in [0.1, 0.15) is 5.75 Å². The molecule has 98 valence electrons. The number of benzene rings is 1. The van der Waals surface area contributed by atoms with E-state index in [1.54, 1.807) is 4.90 Å². The highest BCUT2D eigenvalue weighted by molar-refractivity contribution is 5.83. The van der Waals surface area contributed by atoms with Crippen molar-refractivity contribution < 1.29 is 9.53 Å². The number of carbonyl (C=O) groups excluding carboxylic acids is 1. The number of ether oxygens (including phenoxy) is 1. The Bertz CT molecular complexity index is 503. The van der Waals surface area contributed by atoms with Crippen LogP contribution in [0.1, 0.15) is 18.4 Å². The minimum absolute atomic E-state index is 0.0288. The van der Waals surface area contributed by atoms with Gasteiger partial charge in [-0.05, 0) is 30.4 Å². The first-order chi connectivity index (χ1) is 9.28. The monoisotopic (exact) mass is 255 g/mol. The summed E-state index contributed by atoms with van der Waals surface area (Å²) in [6.45, 7) is 1.16. The van der Waals surface area contributed by atoms with E-state index in [2.05, 4.69) is 5.92 Å². The molecule has 0 N–H and O–H groups in total. The number of carbonyl (C=O) groups is 1. The molecule has 1 fully saturated rings. The average molecular weight is 255 g/mol. The van der Waals surface area contributed by atoms with E-state index in [0.29, 0.717) is 18.9 Å². The third-order valence-electron chi connectivity index (χ3n) is 3.69. The van der Waals surface area contributed by atoms with Crippen LogP contribution in [0.4, 0.5) is 0 Å². The summed E-state index contributed by atoms with van der Waals surface area (Å²) in [7, 11) is 0. The molecule has 0 spiro atoms. The van der Waals surface area contributed by atoms with E-state index in [-0.39, 0.29) is 5.91 Å². The van der Waals surface area contributed by atoms with E-state index in [4.69, 9.17) is 11.2 Å². The third-order valence-corrected chi connectivity index (χ3v) is 3.69. The van der Waals surface area contributed by atoms with Crippen molar-refractivity contribution in [1.29, 1.82) is 0 Å². The Balaban J connectivity index is 1.68. The minimum atomic E-state index is -0.399. The maximum Gasteiger partial charge on any atom is 0.264 e. The SMILES string of the molecule is C#CCN(CC1CC1)C(=O)C1Cc2ccccc2O1. The molecule has 1 atom stereocenters. The lowest BCUT2D eigenvalue weighted by atomic mass is 10.1.